The molecule has 0 saturated heterocycles. The van der Waals surface area contributed by atoms with E-state index in [4.69, 9.17) is 16.3 Å². The largest absolute Gasteiger partial charge is 0.464 e. The monoisotopic (exact) mass is 320 g/mol. The summed E-state index contributed by atoms with van der Waals surface area (Å²) in [7, 11) is 0. The maximum Gasteiger partial charge on any atom is 0.331 e. The third-order valence-corrected chi connectivity index (χ3v) is 4.00. The van der Waals surface area contributed by atoms with E-state index in [9.17, 15) is 4.79 Å². The van der Waals surface area contributed by atoms with E-state index in [0.717, 1.165) is 11.1 Å². The number of benzene rings is 2. The number of alkyl halides is 1. The standard InChI is InChI=1S/C17H17ClO2S/c1-3-20-16(19)17(2,18)14-10-9-13(11-15(14)21)12-7-5-4-6-8-12/h4-11,21H,3H2,1-2H3. The minimum Gasteiger partial charge on any atom is -0.464 e. The topological polar surface area (TPSA) is 26.3 Å². The lowest BCUT2D eigenvalue weighted by Gasteiger charge is -2.22. The van der Waals surface area contributed by atoms with Gasteiger partial charge in [-0.05, 0) is 36.6 Å². The molecule has 0 aliphatic rings. The number of hydrogen-bond donors (Lipinski definition) is 1. The Bertz CT molecular complexity index is 638. The Morgan fingerprint density at radius 1 is 1.19 bits per heavy atom. The van der Waals surface area contributed by atoms with Crippen molar-refractivity contribution in [1.29, 1.82) is 0 Å². The van der Waals surface area contributed by atoms with E-state index in [1.807, 2.05) is 48.5 Å². The molecule has 4 heteroatoms. The highest BCUT2D eigenvalue weighted by Gasteiger charge is 2.36. The predicted molar refractivity (Wildman–Crippen MR) is 89.0 cm³/mol. The highest BCUT2D eigenvalue weighted by atomic mass is 35.5. The van der Waals surface area contributed by atoms with Crippen molar-refractivity contribution >= 4 is 30.2 Å². The average Bonchev–Trinajstić information content (AvgIpc) is 2.48. The summed E-state index contributed by atoms with van der Waals surface area (Å²) >= 11 is 10.9. The van der Waals surface area contributed by atoms with E-state index < -0.39 is 10.8 Å². The quantitative estimate of drug-likeness (QED) is 0.504. The first kappa shape index (κ1) is 15.9. The van der Waals surface area contributed by atoms with E-state index in [1.165, 1.54) is 0 Å². The molecule has 0 spiro atoms. The molecule has 2 rings (SSSR count). The Kier molecular flexibility index (Phi) is 4.96. The minimum atomic E-state index is -1.23. The number of ether oxygens (including phenoxy) is 1. The molecule has 0 bridgehead atoms. The summed E-state index contributed by atoms with van der Waals surface area (Å²) in [4.78, 5) is 11.4. The fraction of sp³-hybridized carbons (Fsp3) is 0.235. The average molecular weight is 321 g/mol. The highest BCUT2D eigenvalue weighted by molar-refractivity contribution is 7.80. The van der Waals surface area contributed by atoms with Crippen LogP contribution in [0.1, 0.15) is 19.4 Å². The van der Waals surface area contributed by atoms with Crippen molar-refractivity contribution in [3.05, 3.63) is 54.1 Å². The first-order valence-electron chi connectivity index (χ1n) is 6.72. The van der Waals surface area contributed by atoms with Crippen LogP contribution in [0.3, 0.4) is 0 Å². The van der Waals surface area contributed by atoms with Crippen molar-refractivity contribution in [2.45, 2.75) is 23.6 Å². The second-order valence-corrected chi connectivity index (χ2v) is 6.06. The lowest BCUT2D eigenvalue weighted by atomic mass is 9.96. The van der Waals surface area contributed by atoms with Crippen LogP contribution < -0.4 is 0 Å². The maximum absolute atomic E-state index is 12.0. The van der Waals surface area contributed by atoms with Crippen LogP contribution >= 0.6 is 24.2 Å². The van der Waals surface area contributed by atoms with Crippen molar-refractivity contribution in [2.24, 2.45) is 0 Å². The molecule has 0 radical (unpaired) electrons. The van der Waals surface area contributed by atoms with Crippen molar-refractivity contribution in [2.75, 3.05) is 6.61 Å². The zero-order valence-electron chi connectivity index (χ0n) is 12.0. The van der Waals surface area contributed by atoms with Gasteiger partial charge in [0.25, 0.3) is 0 Å². The van der Waals surface area contributed by atoms with Crippen LogP contribution in [0.4, 0.5) is 0 Å². The van der Waals surface area contributed by atoms with Gasteiger partial charge >= 0.3 is 5.97 Å². The Labute approximate surface area is 135 Å². The lowest BCUT2D eigenvalue weighted by molar-refractivity contribution is -0.146. The Balaban J connectivity index is 2.38. The smallest absolute Gasteiger partial charge is 0.331 e. The van der Waals surface area contributed by atoms with Gasteiger partial charge in [0.1, 0.15) is 0 Å². The molecule has 0 fully saturated rings. The van der Waals surface area contributed by atoms with E-state index in [-0.39, 0.29) is 0 Å². The molecule has 1 atom stereocenters. The summed E-state index contributed by atoms with van der Waals surface area (Å²) in [5.74, 6) is -0.463. The Morgan fingerprint density at radius 3 is 2.43 bits per heavy atom. The molecule has 21 heavy (non-hydrogen) atoms. The van der Waals surface area contributed by atoms with Crippen LogP contribution in [0, 0.1) is 0 Å². The second kappa shape index (κ2) is 6.54. The zero-order valence-corrected chi connectivity index (χ0v) is 13.6. The summed E-state index contributed by atoms with van der Waals surface area (Å²) in [6, 6.07) is 15.6. The van der Waals surface area contributed by atoms with Crippen LogP contribution in [0.15, 0.2) is 53.4 Å². The fourth-order valence-corrected chi connectivity index (χ4v) is 2.84. The Hall–Kier alpha value is -1.45. The van der Waals surface area contributed by atoms with Gasteiger partial charge in [-0.25, -0.2) is 4.79 Å². The third kappa shape index (κ3) is 3.42. The van der Waals surface area contributed by atoms with E-state index >= 15 is 0 Å². The number of rotatable bonds is 4. The van der Waals surface area contributed by atoms with Crippen molar-refractivity contribution in [3.8, 4) is 11.1 Å². The number of esters is 1. The SMILES string of the molecule is CCOC(=O)C(C)(Cl)c1ccc(-c2ccccc2)cc1S. The van der Waals surface area contributed by atoms with Gasteiger partial charge in [0.05, 0.1) is 6.61 Å². The van der Waals surface area contributed by atoms with Crippen LogP contribution in [-0.4, -0.2) is 12.6 Å². The molecule has 2 aromatic rings. The van der Waals surface area contributed by atoms with Crippen molar-refractivity contribution in [3.63, 3.8) is 0 Å². The number of carbonyl (C=O) groups is 1. The molecule has 0 N–H and O–H groups in total. The number of thiol groups is 1. The highest BCUT2D eigenvalue weighted by Crippen LogP contribution is 2.36. The van der Waals surface area contributed by atoms with Gasteiger partial charge in [-0.1, -0.05) is 42.5 Å². The maximum atomic E-state index is 12.0. The third-order valence-electron chi connectivity index (χ3n) is 3.27. The van der Waals surface area contributed by atoms with Gasteiger partial charge < -0.3 is 4.74 Å². The van der Waals surface area contributed by atoms with Gasteiger partial charge in [-0.15, -0.1) is 24.2 Å². The molecular formula is C17H17ClO2S. The first-order chi connectivity index (χ1) is 9.96. The number of halogens is 1. The number of hydrogen-bond acceptors (Lipinski definition) is 3. The van der Waals surface area contributed by atoms with Gasteiger partial charge in [-0.2, -0.15) is 0 Å². The zero-order chi connectivity index (χ0) is 15.5. The van der Waals surface area contributed by atoms with E-state index in [2.05, 4.69) is 12.6 Å². The fourth-order valence-electron chi connectivity index (χ4n) is 2.12. The van der Waals surface area contributed by atoms with Gasteiger partial charge in [0, 0.05) is 4.90 Å². The van der Waals surface area contributed by atoms with Crippen molar-refractivity contribution < 1.29 is 9.53 Å². The Morgan fingerprint density at radius 2 is 1.86 bits per heavy atom. The molecular weight excluding hydrogens is 304 g/mol. The summed E-state index contributed by atoms with van der Waals surface area (Å²) in [5, 5.41) is 0. The van der Waals surface area contributed by atoms with Gasteiger partial charge in [0.15, 0.2) is 4.87 Å². The molecule has 110 valence electrons. The normalized spacial score (nSPS) is 13.5. The molecule has 0 saturated carbocycles. The molecule has 1 unspecified atom stereocenters. The molecule has 0 heterocycles. The van der Waals surface area contributed by atoms with Gasteiger partial charge in [-0.3, -0.25) is 0 Å². The molecule has 2 nitrogen and oxygen atoms in total. The van der Waals surface area contributed by atoms with Crippen molar-refractivity contribution in [1.82, 2.24) is 0 Å². The van der Waals surface area contributed by atoms with Crippen LogP contribution in [0.5, 0.6) is 0 Å². The molecule has 2 aromatic carbocycles. The molecule has 0 aliphatic heterocycles. The second-order valence-electron chi connectivity index (χ2n) is 4.82. The molecule has 0 aliphatic carbocycles. The molecule has 0 aromatic heterocycles. The summed E-state index contributed by atoms with van der Waals surface area (Å²) < 4.78 is 5.03. The minimum absolute atomic E-state index is 0.297. The van der Waals surface area contributed by atoms with E-state index in [1.54, 1.807) is 13.8 Å². The molecule has 0 amide bonds. The number of carbonyl (C=O) groups excluding carboxylic acids is 1. The van der Waals surface area contributed by atoms with E-state index in [0.29, 0.717) is 17.1 Å². The van der Waals surface area contributed by atoms with Gasteiger partial charge in [0.2, 0.25) is 0 Å². The van der Waals surface area contributed by atoms with Crippen LogP contribution in [0.25, 0.3) is 11.1 Å². The summed E-state index contributed by atoms with van der Waals surface area (Å²) in [6.07, 6.45) is 0. The first-order valence-corrected chi connectivity index (χ1v) is 7.54. The predicted octanol–water partition coefficient (Wildman–Crippen LogP) is 4.66. The summed E-state index contributed by atoms with van der Waals surface area (Å²) in [5.41, 5.74) is 2.76. The van der Waals surface area contributed by atoms with Crippen LogP contribution in [-0.2, 0) is 14.4 Å². The van der Waals surface area contributed by atoms with Crippen LogP contribution in [0.2, 0.25) is 0 Å². The summed E-state index contributed by atoms with van der Waals surface area (Å²) in [6.45, 7) is 3.68. The lowest BCUT2D eigenvalue weighted by Crippen LogP contribution is -2.29.